The molecule has 2 heterocycles. The first kappa shape index (κ1) is 14.7. The Morgan fingerprint density at radius 2 is 2.20 bits per heavy atom. The number of aromatic nitrogens is 2. The van der Waals surface area contributed by atoms with Crippen LogP contribution in [0.2, 0.25) is 0 Å². The highest BCUT2D eigenvalue weighted by molar-refractivity contribution is 5.18. The monoisotopic (exact) mass is 273 g/mol. The second kappa shape index (κ2) is 6.66. The molecule has 0 aliphatic rings. The minimum absolute atomic E-state index is 0.402. The van der Waals surface area contributed by atoms with Gasteiger partial charge >= 0.3 is 0 Å². The Morgan fingerprint density at radius 3 is 2.85 bits per heavy atom. The quantitative estimate of drug-likeness (QED) is 0.811. The van der Waals surface area contributed by atoms with Crippen LogP contribution >= 0.6 is 0 Å². The number of pyridine rings is 1. The Morgan fingerprint density at radius 1 is 1.40 bits per heavy atom. The van der Waals surface area contributed by atoms with Crippen LogP contribution in [-0.2, 0) is 19.4 Å². The highest BCUT2D eigenvalue weighted by atomic mass is 16.5. The molecule has 4 heteroatoms. The van der Waals surface area contributed by atoms with Gasteiger partial charge < -0.3 is 4.52 Å². The molecule has 0 aliphatic heterocycles. The minimum atomic E-state index is 0.402. The predicted octanol–water partition coefficient (Wildman–Crippen LogP) is 3.00. The van der Waals surface area contributed by atoms with Crippen molar-refractivity contribution in [1.29, 1.82) is 0 Å². The van der Waals surface area contributed by atoms with Crippen molar-refractivity contribution in [3.63, 3.8) is 0 Å². The van der Waals surface area contributed by atoms with Gasteiger partial charge in [0.2, 0.25) is 0 Å². The Bertz CT molecular complexity index is 550. The predicted molar refractivity (Wildman–Crippen MR) is 79.5 cm³/mol. The summed E-state index contributed by atoms with van der Waals surface area (Å²) >= 11 is 0. The van der Waals surface area contributed by atoms with E-state index in [9.17, 15) is 0 Å². The average molecular weight is 273 g/mol. The van der Waals surface area contributed by atoms with E-state index >= 15 is 0 Å². The van der Waals surface area contributed by atoms with E-state index in [2.05, 4.69) is 48.9 Å². The molecule has 0 aromatic carbocycles. The van der Waals surface area contributed by atoms with Gasteiger partial charge in [0.25, 0.3) is 0 Å². The largest absolute Gasteiger partial charge is 0.360 e. The summed E-state index contributed by atoms with van der Waals surface area (Å²) < 4.78 is 5.34. The second-order valence-corrected chi connectivity index (χ2v) is 5.37. The number of likely N-dealkylation sites (N-methyl/N-ethyl adjacent to an activating group) is 1. The van der Waals surface area contributed by atoms with E-state index in [-0.39, 0.29) is 0 Å². The van der Waals surface area contributed by atoms with Crippen LogP contribution in [0, 0.1) is 6.92 Å². The number of rotatable bonds is 6. The van der Waals surface area contributed by atoms with Crippen molar-refractivity contribution in [3.05, 3.63) is 47.1 Å². The summed E-state index contributed by atoms with van der Waals surface area (Å²) in [6.45, 7) is 7.18. The Hall–Kier alpha value is -1.68. The summed E-state index contributed by atoms with van der Waals surface area (Å²) in [4.78, 5) is 6.73. The van der Waals surface area contributed by atoms with Gasteiger partial charge in [-0.15, -0.1) is 0 Å². The normalized spacial score (nSPS) is 12.8. The molecular formula is C16H23N3O. The highest BCUT2D eigenvalue weighted by Gasteiger charge is 2.14. The van der Waals surface area contributed by atoms with Gasteiger partial charge in [-0.2, -0.15) is 0 Å². The van der Waals surface area contributed by atoms with Crippen molar-refractivity contribution < 1.29 is 4.52 Å². The topological polar surface area (TPSA) is 42.2 Å². The van der Waals surface area contributed by atoms with Crippen LogP contribution in [-0.4, -0.2) is 28.1 Å². The van der Waals surface area contributed by atoms with E-state index in [1.807, 2.05) is 18.3 Å². The maximum atomic E-state index is 5.34. The van der Waals surface area contributed by atoms with Crippen LogP contribution in [0.4, 0.5) is 0 Å². The van der Waals surface area contributed by atoms with Crippen LogP contribution in [0.1, 0.15) is 36.6 Å². The lowest BCUT2D eigenvalue weighted by Gasteiger charge is -2.23. The fraction of sp³-hybridized carbons (Fsp3) is 0.500. The Kier molecular flexibility index (Phi) is 4.90. The summed E-state index contributed by atoms with van der Waals surface area (Å²) in [5, 5.41) is 4.03. The lowest BCUT2D eigenvalue weighted by molar-refractivity contribution is 0.216. The molecular weight excluding hydrogens is 250 g/mol. The average Bonchev–Trinajstić information content (AvgIpc) is 2.89. The second-order valence-electron chi connectivity index (χ2n) is 5.37. The molecule has 0 unspecified atom stereocenters. The summed E-state index contributed by atoms with van der Waals surface area (Å²) in [5.41, 5.74) is 3.43. The van der Waals surface area contributed by atoms with E-state index in [4.69, 9.17) is 4.52 Å². The molecule has 0 N–H and O–H groups in total. The Labute approximate surface area is 120 Å². The highest BCUT2D eigenvalue weighted by Crippen LogP contribution is 2.13. The van der Waals surface area contributed by atoms with Gasteiger partial charge in [0, 0.05) is 30.4 Å². The molecule has 0 saturated carbocycles. The first-order valence-electron chi connectivity index (χ1n) is 7.15. The summed E-state index contributed by atoms with van der Waals surface area (Å²) in [5.74, 6) is 0.925. The van der Waals surface area contributed by atoms with Crippen LogP contribution < -0.4 is 0 Å². The molecule has 0 fully saturated rings. The third-order valence-electron chi connectivity index (χ3n) is 3.73. The third-order valence-corrected chi connectivity index (χ3v) is 3.73. The van der Waals surface area contributed by atoms with Gasteiger partial charge in [-0.05, 0) is 38.9 Å². The molecule has 0 spiro atoms. The minimum Gasteiger partial charge on any atom is -0.360 e. The molecule has 0 bridgehead atoms. The van der Waals surface area contributed by atoms with E-state index in [0.717, 1.165) is 30.8 Å². The van der Waals surface area contributed by atoms with Crippen molar-refractivity contribution in [3.8, 4) is 0 Å². The molecule has 4 nitrogen and oxygen atoms in total. The smallest absolute Gasteiger partial charge is 0.150 e. The van der Waals surface area contributed by atoms with Crippen LogP contribution in [0.25, 0.3) is 0 Å². The van der Waals surface area contributed by atoms with Gasteiger partial charge in [-0.1, -0.05) is 18.1 Å². The summed E-state index contributed by atoms with van der Waals surface area (Å²) in [6.07, 6.45) is 3.72. The molecule has 0 radical (unpaired) electrons. The molecule has 2 aromatic rings. The van der Waals surface area contributed by atoms with Gasteiger partial charge in [0.1, 0.15) is 0 Å². The van der Waals surface area contributed by atoms with E-state index in [1.54, 1.807) is 0 Å². The maximum Gasteiger partial charge on any atom is 0.150 e. The van der Waals surface area contributed by atoms with Crippen LogP contribution in [0.15, 0.2) is 28.9 Å². The molecule has 0 amide bonds. The summed E-state index contributed by atoms with van der Waals surface area (Å²) in [7, 11) is 2.11. The van der Waals surface area contributed by atoms with Crippen LogP contribution in [0.5, 0.6) is 0 Å². The van der Waals surface area contributed by atoms with Crippen LogP contribution in [0.3, 0.4) is 0 Å². The number of nitrogens with zero attached hydrogens (tertiary/aromatic N) is 3. The van der Waals surface area contributed by atoms with Gasteiger partial charge in [-0.3, -0.25) is 9.88 Å². The molecule has 108 valence electrons. The zero-order chi connectivity index (χ0) is 14.5. The van der Waals surface area contributed by atoms with Crippen molar-refractivity contribution in [2.24, 2.45) is 0 Å². The molecule has 1 atom stereocenters. The lowest BCUT2D eigenvalue weighted by atomic mass is 10.1. The zero-order valence-electron chi connectivity index (χ0n) is 12.8. The fourth-order valence-electron chi connectivity index (χ4n) is 2.17. The van der Waals surface area contributed by atoms with Gasteiger partial charge in [0.05, 0.1) is 12.2 Å². The van der Waals surface area contributed by atoms with Gasteiger partial charge in [0.15, 0.2) is 5.76 Å². The standard InChI is InChI=1S/C16H23N3O/c1-5-14-10-15(20-18-14)11-19(4)13(3)9-16-12(2)7-6-8-17-16/h6-8,10,13H,5,9,11H2,1-4H3/t13-/m0/s1. The third kappa shape index (κ3) is 3.67. The van der Waals surface area contributed by atoms with Crippen molar-refractivity contribution >= 4 is 0 Å². The molecule has 0 saturated heterocycles. The first-order chi connectivity index (χ1) is 9.60. The fourth-order valence-corrected chi connectivity index (χ4v) is 2.17. The van der Waals surface area contributed by atoms with Gasteiger partial charge in [-0.25, -0.2) is 0 Å². The number of aryl methyl sites for hydroxylation is 2. The number of hydrogen-bond acceptors (Lipinski definition) is 4. The van der Waals surface area contributed by atoms with E-state index in [0.29, 0.717) is 6.04 Å². The van der Waals surface area contributed by atoms with Crippen molar-refractivity contribution in [2.75, 3.05) is 7.05 Å². The molecule has 2 rings (SSSR count). The first-order valence-corrected chi connectivity index (χ1v) is 7.15. The zero-order valence-corrected chi connectivity index (χ0v) is 12.8. The summed E-state index contributed by atoms with van der Waals surface area (Å²) in [6, 6.07) is 6.53. The van der Waals surface area contributed by atoms with Crippen molar-refractivity contribution in [2.45, 2.75) is 46.2 Å². The molecule has 2 aromatic heterocycles. The SMILES string of the molecule is CCc1cc(CN(C)[C@@H](C)Cc2ncccc2C)on1. The molecule has 20 heavy (non-hydrogen) atoms. The Balaban J connectivity index is 1.95. The lowest BCUT2D eigenvalue weighted by Crippen LogP contribution is -2.30. The molecule has 0 aliphatic carbocycles. The van der Waals surface area contributed by atoms with E-state index < -0.39 is 0 Å². The maximum absolute atomic E-state index is 5.34. The number of hydrogen-bond donors (Lipinski definition) is 0. The van der Waals surface area contributed by atoms with Crippen molar-refractivity contribution in [1.82, 2.24) is 15.0 Å². The van der Waals surface area contributed by atoms with E-state index in [1.165, 1.54) is 11.3 Å².